The molecule has 0 radical (unpaired) electrons. The monoisotopic (exact) mass is 298 g/mol. The maximum absolute atomic E-state index is 12.1. The van der Waals surface area contributed by atoms with Gasteiger partial charge in [0.2, 0.25) is 21.8 Å². The molecule has 1 aromatic rings. The molecular formula is C12H14N2O5S. The van der Waals surface area contributed by atoms with Crippen LogP contribution >= 0.6 is 0 Å². The maximum atomic E-state index is 12.1. The molecule has 1 aromatic carbocycles. The average molecular weight is 298 g/mol. The summed E-state index contributed by atoms with van der Waals surface area (Å²) in [6.45, 7) is 0. The number of carbonyl (C=O) groups is 2. The number of carbonyl (C=O) groups excluding carboxylic acids is 2. The zero-order valence-electron chi connectivity index (χ0n) is 10.7. The number of aromatic hydroxyl groups is 1. The minimum atomic E-state index is -3.87. The second kappa shape index (κ2) is 5.22. The van der Waals surface area contributed by atoms with Gasteiger partial charge in [-0.15, -0.1) is 0 Å². The first-order chi connectivity index (χ1) is 9.31. The third-order valence-electron chi connectivity index (χ3n) is 3.09. The van der Waals surface area contributed by atoms with Crippen molar-refractivity contribution in [1.82, 2.24) is 9.62 Å². The average Bonchev–Trinajstić information content (AvgIpc) is 2.40. The van der Waals surface area contributed by atoms with E-state index >= 15 is 0 Å². The number of hydrogen-bond acceptors (Lipinski definition) is 5. The van der Waals surface area contributed by atoms with Gasteiger partial charge in [0.05, 0.1) is 4.90 Å². The summed E-state index contributed by atoms with van der Waals surface area (Å²) in [7, 11) is -2.55. The molecule has 108 valence electrons. The van der Waals surface area contributed by atoms with Crippen molar-refractivity contribution in [1.29, 1.82) is 0 Å². The summed E-state index contributed by atoms with van der Waals surface area (Å²) in [6.07, 6.45) is 0.254. The molecule has 0 spiro atoms. The lowest BCUT2D eigenvalue weighted by molar-refractivity contribution is -0.147. The van der Waals surface area contributed by atoms with Crippen molar-refractivity contribution >= 4 is 21.8 Å². The van der Waals surface area contributed by atoms with Crippen LogP contribution in [0, 0.1) is 0 Å². The summed E-state index contributed by atoms with van der Waals surface area (Å²) >= 11 is 0. The molecule has 1 unspecified atom stereocenters. The minimum absolute atomic E-state index is 0.0528. The fraction of sp³-hybridized carbons (Fsp3) is 0.333. The molecule has 2 amide bonds. The van der Waals surface area contributed by atoms with Crippen LogP contribution in [0.2, 0.25) is 0 Å². The zero-order chi connectivity index (χ0) is 14.9. The number of likely N-dealkylation sites (tertiary alicyclic amines) is 1. The summed E-state index contributed by atoms with van der Waals surface area (Å²) in [5, 5.41) is 9.14. The number of rotatable bonds is 3. The summed E-state index contributed by atoms with van der Waals surface area (Å²) in [6, 6.07) is 4.01. The molecule has 1 heterocycles. The van der Waals surface area contributed by atoms with Crippen LogP contribution in [0.25, 0.3) is 0 Å². The van der Waals surface area contributed by atoms with E-state index in [0.717, 1.165) is 4.90 Å². The number of nitrogens with zero attached hydrogens (tertiary/aromatic N) is 1. The van der Waals surface area contributed by atoms with Crippen LogP contribution in [0.1, 0.15) is 12.8 Å². The molecule has 2 N–H and O–H groups in total. The Morgan fingerprint density at radius 2 is 1.85 bits per heavy atom. The van der Waals surface area contributed by atoms with Crippen molar-refractivity contribution in [2.45, 2.75) is 23.8 Å². The SMILES string of the molecule is CN1C(=O)CCC(NS(=O)(=O)c2ccc(O)cc2)C1=O. The lowest BCUT2D eigenvalue weighted by atomic mass is 10.1. The van der Waals surface area contributed by atoms with Crippen molar-refractivity contribution in [2.24, 2.45) is 0 Å². The molecule has 1 saturated heterocycles. The minimum Gasteiger partial charge on any atom is -0.508 e. The van der Waals surface area contributed by atoms with Gasteiger partial charge in [-0.3, -0.25) is 14.5 Å². The van der Waals surface area contributed by atoms with Crippen molar-refractivity contribution in [3.05, 3.63) is 24.3 Å². The lowest BCUT2D eigenvalue weighted by Gasteiger charge is -2.27. The molecule has 7 nitrogen and oxygen atoms in total. The molecule has 20 heavy (non-hydrogen) atoms. The van der Waals surface area contributed by atoms with Gasteiger partial charge < -0.3 is 5.11 Å². The van der Waals surface area contributed by atoms with E-state index < -0.39 is 22.0 Å². The fourth-order valence-electron chi connectivity index (χ4n) is 1.91. The van der Waals surface area contributed by atoms with Crippen molar-refractivity contribution in [3.63, 3.8) is 0 Å². The van der Waals surface area contributed by atoms with Crippen molar-refractivity contribution in [2.75, 3.05) is 7.05 Å². The van der Waals surface area contributed by atoms with Gasteiger partial charge in [-0.2, -0.15) is 4.72 Å². The van der Waals surface area contributed by atoms with Gasteiger partial charge in [-0.05, 0) is 30.7 Å². The summed E-state index contributed by atoms with van der Waals surface area (Å²) in [5.41, 5.74) is 0. The predicted octanol–water partition coefficient (Wildman–Crippen LogP) is -0.182. The number of benzene rings is 1. The number of likely N-dealkylation sites (N-methyl/N-ethyl adjacent to an activating group) is 1. The van der Waals surface area contributed by atoms with Gasteiger partial charge in [0.25, 0.3) is 0 Å². The molecule has 0 bridgehead atoms. The molecule has 0 saturated carbocycles. The van der Waals surface area contributed by atoms with Crippen LogP contribution in [0.5, 0.6) is 5.75 Å². The fourth-order valence-corrected chi connectivity index (χ4v) is 3.13. The molecular weight excluding hydrogens is 284 g/mol. The molecule has 0 aromatic heterocycles. The zero-order valence-corrected chi connectivity index (χ0v) is 11.6. The van der Waals surface area contributed by atoms with Crippen LogP contribution in [-0.2, 0) is 19.6 Å². The Kier molecular flexibility index (Phi) is 3.78. The Morgan fingerprint density at radius 3 is 2.45 bits per heavy atom. The van der Waals surface area contributed by atoms with E-state index in [9.17, 15) is 18.0 Å². The molecule has 8 heteroatoms. The van der Waals surface area contributed by atoms with Gasteiger partial charge in [0.1, 0.15) is 11.8 Å². The highest BCUT2D eigenvalue weighted by Crippen LogP contribution is 2.17. The van der Waals surface area contributed by atoms with E-state index in [1.807, 2.05) is 0 Å². The van der Waals surface area contributed by atoms with Crippen molar-refractivity contribution < 1.29 is 23.1 Å². The van der Waals surface area contributed by atoms with E-state index in [1.54, 1.807) is 0 Å². The van der Waals surface area contributed by atoms with E-state index in [-0.39, 0.29) is 29.4 Å². The van der Waals surface area contributed by atoms with Gasteiger partial charge in [0.15, 0.2) is 0 Å². The van der Waals surface area contributed by atoms with Crippen LogP contribution in [0.15, 0.2) is 29.2 Å². The molecule has 2 rings (SSSR count). The highest BCUT2D eigenvalue weighted by atomic mass is 32.2. The van der Waals surface area contributed by atoms with E-state index in [0.29, 0.717) is 0 Å². The van der Waals surface area contributed by atoms with Gasteiger partial charge >= 0.3 is 0 Å². The highest BCUT2D eigenvalue weighted by molar-refractivity contribution is 7.89. The first-order valence-corrected chi connectivity index (χ1v) is 7.41. The standard InChI is InChI=1S/C12H14N2O5S/c1-14-11(16)7-6-10(12(14)17)13-20(18,19)9-4-2-8(15)3-5-9/h2-5,10,13,15H,6-7H2,1H3. The first-order valence-electron chi connectivity index (χ1n) is 5.93. The Labute approximate surface area is 116 Å². The molecule has 1 fully saturated rings. The van der Waals surface area contributed by atoms with Crippen LogP contribution in [-0.4, -0.2) is 43.3 Å². The van der Waals surface area contributed by atoms with Crippen molar-refractivity contribution in [3.8, 4) is 5.75 Å². The molecule has 1 aliphatic heterocycles. The number of imide groups is 1. The van der Waals surface area contributed by atoms with E-state index in [2.05, 4.69) is 4.72 Å². The number of phenols is 1. The molecule has 0 aliphatic carbocycles. The topological polar surface area (TPSA) is 104 Å². The lowest BCUT2D eigenvalue weighted by Crippen LogP contribution is -2.52. The number of amides is 2. The number of nitrogens with one attached hydrogen (secondary N) is 1. The number of hydrogen-bond donors (Lipinski definition) is 2. The second-order valence-corrected chi connectivity index (χ2v) is 6.21. The summed E-state index contributed by atoms with van der Waals surface area (Å²) < 4.78 is 26.5. The Balaban J connectivity index is 2.18. The van der Waals surface area contributed by atoms with Gasteiger partial charge in [-0.25, -0.2) is 8.42 Å². The Bertz CT molecular complexity index is 638. The second-order valence-electron chi connectivity index (χ2n) is 4.50. The maximum Gasteiger partial charge on any atom is 0.247 e. The van der Waals surface area contributed by atoms with Gasteiger partial charge in [0, 0.05) is 13.5 Å². The van der Waals surface area contributed by atoms with Crippen LogP contribution in [0.4, 0.5) is 0 Å². The molecule has 1 aliphatic rings. The van der Waals surface area contributed by atoms with Gasteiger partial charge in [-0.1, -0.05) is 0 Å². The third-order valence-corrected chi connectivity index (χ3v) is 4.58. The Morgan fingerprint density at radius 1 is 1.25 bits per heavy atom. The summed E-state index contributed by atoms with van der Waals surface area (Å²) in [5.74, 6) is -0.943. The summed E-state index contributed by atoms with van der Waals surface area (Å²) in [4.78, 5) is 24.0. The third kappa shape index (κ3) is 2.81. The number of sulfonamides is 1. The number of phenolic OH excluding ortho intramolecular Hbond substituents is 1. The largest absolute Gasteiger partial charge is 0.508 e. The quantitative estimate of drug-likeness (QED) is 0.753. The smallest absolute Gasteiger partial charge is 0.247 e. The highest BCUT2D eigenvalue weighted by Gasteiger charge is 2.34. The predicted molar refractivity (Wildman–Crippen MR) is 69.2 cm³/mol. The first kappa shape index (κ1) is 14.5. The van der Waals surface area contributed by atoms with Crippen LogP contribution < -0.4 is 4.72 Å². The number of piperidine rings is 1. The van der Waals surface area contributed by atoms with E-state index in [4.69, 9.17) is 5.11 Å². The Hall–Kier alpha value is -1.93. The van der Waals surface area contributed by atoms with Crippen LogP contribution in [0.3, 0.4) is 0 Å². The van der Waals surface area contributed by atoms with E-state index in [1.165, 1.54) is 31.3 Å². The molecule has 1 atom stereocenters. The normalized spacial score (nSPS) is 20.2.